The van der Waals surface area contributed by atoms with E-state index in [9.17, 15) is 24.5 Å². The Balaban J connectivity index is 1.68. The number of barbiturate groups is 1. The average molecular weight is 461 g/mol. The van der Waals surface area contributed by atoms with Gasteiger partial charge in [0.15, 0.2) is 0 Å². The van der Waals surface area contributed by atoms with Crippen molar-refractivity contribution in [3.8, 4) is 17.1 Å². The van der Waals surface area contributed by atoms with Gasteiger partial charge in [-0.3, -0.25) is 25.0 Å². The number of anilines is 1. The number of nitrogens with zero attached hydrogens (tertiary/aromatic N) is 2. The molecule has 0 atom stereocenters. The number of benzene rings is 2. The van der Waals surface area contributed by atoms with Crippen LogP contribution in [0, 0.1) is 17.0 Å². The third kappa shape index (κ3) is 4.29. The number of nitro benzene ring substituents is 1. The van der Waals surface area contributed by atoms with E-state index in [0.717, 1.165) is 10.5 Å². The van der Waals surface area contributed by atoms with Gasteiger partial charge in [-0.1, -0.05) is 17.7 Å². The van der Waals surface area contributed by atoms with E-state index < -0.39 is 22.8 Å². The minimum absolute atomic E-state index is 0.106. The van der Waals surface area contributed by atoms with E-state index in [1.165, 1.54) is 30.3 Å². The number of furan rings is 1. The second-order valence-electron chi connectivity index (χ2n) is 7.36. The Morgan fingerprint density at radius 3 is 2.50 bits per heavy atom. The maximum Gasteiger partial charge on any atom is 0.335 e. The van der Waals surface area contributed by atoms with Crippen LogP contribution in [-0.2, 0) is 9.59 Å². The molecule has 0 bridgehead atoms. The van der Waals surface area contributed by atoms with Crippen LogP contribution in [0.1, 0.15) is 18.2 Å². The molecule has 4 rings (SSSR count). The first kappa shape index (κ1) is 22.5. The van der Waals surface area contributed by atoms with Gasteiger partial charge in [-0.05, 0) is 56.3 Å². The molecule has 172 valence electrons. The second-order valence-corrected chi connectivity index (χ2v) is 7.36. The average Bonchev–Trinajstić information content (AvgIpc) is 3.26. The molecule has 1 aliphatic heterocycles. The number of rotatable bonds is 6. The Morgan fingerprint density at radius 2 is 1.82 bits per heavy atom. The molecular weight excluding hydrogens is 442 g/mol. The highest BCUT2D eigenvalue weighted by Gasteiger charge is 2.37. The molecule has 10 nitrogen and oxygen atoms in total. The molecule has 4 amide bonds. The number of carbonyl (C=O) groups excluding carboxylic acids is 3. The van der Waals surface area contributed by atoms with Crippen LogP contribution in [0.25, 0.3) is 17.4 Å². The van der Waals surface area contributed by atoms with Crippen LogP contribution in [0.3, 0.4) is 0 Å². The lowest BCUT2D eigenvalue weighted by Gasteiger charge is -2.26. The van der Waals surface area contributed by atoms with Crippen LogP contribution >= 0.6 is 0 Å². The third-order valence-electron chi connectivity index (χ3n) is 5.05. The normalized spacial score (nSPS) is 14.9. The van der Waals surface area contributed by atoms with Gasteiger partial charge in [0.05, 0.1) is 28.8 Å². The Bertz CT molecular complexity index is 1340. The van der Waals surface area contributed by atoms with Crippen LogP contribution in [-0.4, -0.2) is 29.4 Å². The zero-order valence-corrected chi connectivity index (χ0v) is 18.2. The number of ether oxygens (including phenoxy) is 1. The molecule has 34 heavy (non-hydrogen) atoms. The van der Waals surface area contributed by atoms with Gasteiger partial charge in [0.1, 0.15) is 22.8 Å². The lowest BCUT2D eigenvalue weighted by Crippen LogP contribution is -2.54. The van der Waals surface area contributed by atoms with Crippen molar-refractivity contribution >= 4 is 35.3 Å². The van der Waals surface area contributed by atoms with Gasteiger partial charge in [-0.15, -0.1) is 0 Å². The Labute approximate surface area is 193 Å². The van der Waals surface area contributed by atoms with Crippen LogP contribution in [0.2, 0.25) is 0 Å². The molecule has 1 aromatic heterocycles. The summed E-state index contributed by atoms with van der Waals surface area (Å²) in [6, 6.07) is 13.1. The van der Waals surface area contributed by atoms with Crippen molar-refractivity contribution in [2.75, 3.05) is 11.5 Å². The van der Waals surface area contributed by atoms with Crippen LogP contribution in [0.15, 0.2) is 64.6 Å². The zero-order chi connectivity index (χ0) is 24.4. The maximum atomic E-state index is 13.0. The molecule has 2 heterocycles. The molecule has 0 spiro atoms. The Kier molecular flexibility index (Phi) is 5.96. The molecule has 1 fully saturated rings. The van der Waals surface area contributed by atoms with Gasteiger partial charge >= 0.3 is 6.03 Å². The van der Waals surface area contributed by atoms with Crippen LogP contribution in [0.5, 0.6) is 5.75 Å². The lowest BCUT2D eigenvalue weighted by atomic mass is 10.1. The van der Waals surface area contributed by atoms with Crippen molar-refractivity contribution in [2.24, 2.45) is 0 Å². The van der Waals surface area contributed by atoms with E-state index in [-0.39, 0.29) is 28.3 Å². The fraction of sp³-hybridized carbons (Fsp3) is 0.125. The zero-order valence-electron chi connectivity index (χ0n) is 18.2. The first-order valence-electron chi connectivity index (χ1n) is 10.3. The number of urea groups is 1. The Hall–Kier alpha value is -4.73. The molecule has 10 heteroatoms. The van der Waals surface area contributed by atoms with E-state index in [2.05, 4.69) is 5.32 Å². The standard InChI is InChI=1S/C24H19N3O7/c1-3-33-16-8-10-18(20(13-16)27(31)32)21-11-9-17(34-21)12-19-22(28)25-24(30)26(23(19)29)15-6-4-14(2)5-7-15/h4-13H,3H2,1-2H3,(H,25,28,30)/b19-12-. The number of nitro groups is 1. The van der Waals surface area contributed by atoms with Gasteiger partial charge < -0.3 is 9.15 Å². The molecule has 3 aromatic rings. The van der Waals surface area contributed by atoms with E-state index in [4.69, 9.17) is 9.15 Å². The van der Waals surface area contributed by atoms with Gasteiger partial charge in [0.25, 0.3) is 17.5 Å². The highest BCUT2D eigenvalue weighted by molar-refractivity contribution is 6.39. The van der Waals surface area contributed by atoms with Gasteiger partial charge in [-0.2, -0.15) is 0 Å². The fourth-order valence-electron chi connectivity index (χ4n) is 3.43. The molecule has 1 aliphatic rings. The van der Waals surface area contributed by atoms with Crippen molar-refractivity contribution in [3.05, 3.63) is 81.6 Å². The Morgan fingerprint density at radius 1 is 1.09 bits per heavy atom. The van der Waals surface area contributed by atoms with Crippen molar-refractivity contribution < 1.29 is 28.5 Å². The molecule has 0 unspecified atom stereocenters. The summed E-state index contributed by atoms with van der Waals surface area (Å²) in [5.41, 5.74) is 0.905. The number of amides is 4. The molecular formula is C24H19N3O7. The van der Waals surface area contributed by atoms with E-state index >= 15 is 0 Å². The van der Waals surface area contributed by atoms with Crippen molar-refractivity contribution in [3.63, 3.8) is 0 Å². The molecule has 0 aliphatic carbocycles. The molecule has 0 saturated carbocycles. The number of nitrogens with one attached hydrogen (secondary N) is 1. The summed E-state index contributed by atoms with van der Waals surface area (Å²) >= 11 is 0. The number of imide groups is 2. The van der Waals surface area contributed by atoms with Gasteiger partial charge in [-0.25, -0.2) is 9.69 Å². The molecule has 1 saturated heterocycles. The number of carbonyl (C=O) groups is 3. The number of hydrogen-bond acceptors (Lipinski definition) is 7. The van der Waals surface area contributed by atoms with Crippen molar-refractivity contribution in [1.29, 1.82) is 0 Å². The maximum absolute atomic E-state index is 13.0. The van der Waals surface area contributed by atoms with Gasteiger partial charge in [0.2, 0.25) is 0 Å². The highest BCUT2D eigenvalue weighted by Crippen LogP contribution is 2.35. The smallest absolute Gasteiger partial charge is 0.335 e. The molecule has 2 aromatic carbocycles. The van der Waals surface area contributed by atoms with E-state index in [1.807, 2.05) is 6.92 Å². The highest BCUT2D eigenvalue weighted by atomic mass is 16.6. The predicted molar refractivity (Wildman–Crippen MR) is 122 cm³/mol. The van der Waals surface area contributed by atoms with E-state index in [1.54, 1.807) is 37.3 Å². The van der Waals surface area contributed by atoms with Crippen molar-refractivity contribution in [1.82, 2.24) is 5.32 Å². The SMILES string of the molecule is CCOc1ccc(-c2ccc(/C=C3/C(=O)NC(=O)N(c4ccc(C)cc4)C3=O)o2)c([N+](=O)[O-])c1. The topological polar surface area (TPSA) is 132 Å². The van der Waals surface area contributed by atoms with Crippen LogP contribution < -0.4 is 15.0 Å². The summed E-state index contributed by atoms with van der Waals surface area (Å²) in [4.78, 5) is 49.5. The fourth-order valence-corrected chi connectivity index (χ4v) is 3.43. The van der Waals surface area contributed by atoms with E-state index in [0.29, 0.717) is 18.0 Å². The summed E-state index contributed by atoms with van der Waals surface area (Å²) < 4.78 is 11.0. The number of aryl methyl sites for hydroxylation is 1. The monoisotopic (exact) mass is 461 g/mol. The van der Waals surface area contributed by atoms with Gasteiger partial charge in [0, 0.05) is 0 Å². The summed E-state index contributed by atoms with van der Waals surface area (Å²) in [5, 5.41) is 13.7. The quantitative estimate of drug-likeness (QED) is 0.251. The van der Waals surface area contributed by atoms with Crippen LogP contribution in [0.4, 0.5) is 16.2 Å². The molecule has 1 N–H and O–H groups in total. The minimum Gasteiger partial charge on any atom is -0.494 e. The first-order valence-corrected chi connectivity index (χ1v) is 10.3. The summed E-state index contributed by atoms with van der Waals surface area (Å²) in [6.45, 7) is 3.98. The lowest BCUT2D eigenvalue weighted by molar-refractivity contribution is -0.384. The predicted octanol–water partition coefficient (Wildman–Crippen LogP) is 4.23. The van der Waals surface area contributed by atoms with Crippen molar-refractivity contribution in [2.45, 2.75) is 13.8 Å². The molecule has 0 radical (unpaired) electrons. The largest absolute Gasteiger partial charge is 0.494 e. The minimum atomic E-state index is -0.872. The second kappa shape index (κ2) is 9.02. The summed E-state index contributed by atoms with van der Waals surface area (Å²) in [7, 11) is 0. The summed E-state index contributed by atoms with van der Waals surface area (Å²) in [6.07, 6.45) is 1.19. The third-order valence-corrected chi connectivity index (χ3v) is 5.05. The summed E-state index contributed by atoms with van der Waals surface area (Å²) in [5.74, 6) is -1.07. The first-order chi connectivity index (χ1) is 16.3. The number of hydrogen-bond donors (Lipinski definition) is 1.